The number of hydrogen-bond donors (Lipinski definition) is 0. The lowest BCUT2D eigenvalue weighted by molar-refractivity contribution is -0.114. The van der Waals surface area contributed by atoms with Crippen LogP contribution >= 0.6 is 11.8 Å². The zero-order valence-electron chi connectivity index (χ0n) is 14.1. The zero-order chi connectivity index (χ0) is 19.0. The monoisotopic (exact) mass is 380 g/mol. The van der Waals surface area contributed by atoms with Gasteiger partial charge in [-0.25, -0.2) is 4.98 Å². The van der Waals surface area contributed by atoms with Crippen LogP contribution in [0.5, 0.6) is 0 Å². The van der Waals surface area contributed by atoms with E-state index in [1.165, 1.54) is 30.2 Å². The van der Waals surface area contributed by atoms with Gasteiger partial charge in [-0.1, -0.05) is 23.9 Å². The first-order chi connectivity index (χ1) is 13.1. The lowest BCUT2D eigenvalue weighted by Crippen LogP contribution is -2.41. The molecule has 1 aliphatic heterocycles. The summed E-state index contributed by atoms with van der Waals surface area (Å²) < 4.78 is 1.29. The van der Waals surface area contributed by atoms with Crippen molar-refractivity contribution in [3.05, 3.63) is 54.0 Å². The van der Waals surface area contributed by atoms with Gasteiger partial charge in [0.2, 0.25) is 11.0 Å². The Balaban J connectivity index is 1.86. The molecule has 0 fully saturated rings. The van der Waals surface area contributed by atoms with E-state index in [1.807, 2.05) is 0 Å². The van der Waals surface area contributed by atoms with Crippen LogP contribution in [-0.2, 0) is 4.79 Å². The minimum Gasteiger partial charge on any atom is -0.299 e. The Kier molecular flexibility index (Phi) is 4.24. The molecular formula is C17H12N6O3S. The van der Waals surface area contributed by atoms with Crippen molar-refractivity contribution in [3.63, 3.8) is 0 Å². The van der Waals surface area contributed by atoms with Crippen LogP contribution in [0.1, 0.15) is 27.6 Å². The maximum Gasteiger partial charge on any atom is 0.281 e. The van der Waals surface area contributed by atoms with Crippen LogP contribution in [0, 0.1) is 0 Å². The number of benzene rings is 1. The number of fused-ring (bicyclic) bond motifs is 1. The molecule has 3 aromatic rings. The molecule has 0 saturated carbocycles. The Morgan fingerprint density at radius 2 is 1.78 bits per heavy atom. The molecular weight excluding hydrogens is 368 g/mol. The maximum atomic E-state index is 12.9. The van der Waals surface area contributed by atoms with E-state index in [9.17, 15) is 14.4 Å². The van der Waals surface area contributed by atoms with Gasteiger partial charge in [0.25, 0.3) is 11.8 Å². The van der Waals surface area contributed by atoms with Gasteiger partial charge in [0.15, 0.2) is 0 Å². The van der Waals surface area contributed by atoms with Gasteiger partial charge in [0, 0.05) is 12.4 Å². The van der Waals surface area contributed by atoms with Crippen LogP contribution in [-0.4, -0.2) is 48.2 Å². The lowest BCUT2D eigenvalue weighted by Gasteiger charge is -2.18. The standard InChI is InChI=1S/C17H12N6O3S/c1-10(24)9-27-17-21-20-14(13-8-18-6-7-19-13)22(17)23-15(25)11-4-2-3-5-12(11)16(23)26/h2-8H,9H2,1H3. The number of amides is 2. The van der Waals surface area contributed by atoms with Crippen molar-refractivity contribution in [1.82, 2.24) is 24.8 Å². The summed E-state index contributed by atoms with van der Waals surface area (Å²) in [7, 11) is 0. The second-order valence-electron chi connectivity index (χ2n) is 5.67. The SMILES string of the molecule is CC(=O)CSc1nnc(-c2cnccn2)n1N1C(=O)c2ccccc2C1=O. The molecule has 2 aromatic heterocycles. The first-order valence-corrected chi connectivity index (χ1v) is 8.88. The van der Waals surface area contributed by atoms with E-state index in [0.29, 0.717) is 16.8 Å². The first-order valence-electron chi connectivity index (χ1n) is 7.90. The highest BCUT2D eigenvalue weighted by atomic mass is 32.2. The summed E-state index contributed by atoms with van der Waals surface area (Å²) in [6.45, 7) is 1.44. The van der Waals surface area contributed by atoms with Crippen molar-refractivity contribution in [3.8, 4) is 11.5 Å². The Labute approximate surface area is 157 Å². The second-order valence-corrected chi connectivity index (χ2v) is 6.61. The first kappa shape index (κ1) is 17.0. The molecule has 2 amide bonds. The number of carbonyl (C=O) groups is 3. The van der Waals surface area contributed by atoms with E-state index >= 15 is 0 Å². The van der Waals surface area contributed by atoms with Crippen LogP contribution in [0.3, 0.4) is 0 Å². The Morgan fingerprint density at radius 1 is 1.07 bits per heavy atom. The van der Waals surface area contributed by atoms with E-state index in [2.05, 4.69) is 20.2 Å². The third-order valence-electron chi connectivity index (χ3n) is 3.78. The molecule has 0 radical (unpaired) electrons. The van der Waals surface area contributed by atoms with Gasteiger partial charge < -0.3 is 0 Å². The van der Waals surface area contributed by atoms with Gasteiger partial charge in [-0.3, -0.25) is 19.4 Å². The summed E-state index contributed by atoms with van der Waals surface area (Å²) in [6, 6.07) is 6.55. The molecule has 1 aliphatic rings. The summed E-state index contributed by atoms with van der Waals surface area (Å²) in [6.07, 6.45) is 4.43. The van der Waals surface area contributed by atoms with Gasteiger partial charge in [-0.15, -0.1) is 10.2 Å². The summed E-state index contributed by atoms with van der Waals surface area (Å²) in [5.74, 6) is -0.751. The summed E-state index contributed by atoms with van der Waals surface area (Å²) in [5, 5.41) is 9.33. The molecule has 0 unspecified atom stereocenters. The molecule has 134 valence electrons. The summed E-state index contributed by atoms with van der Waals surface area (Å²) in [5.41, 5.74) is 0.934. The third kappa shape index (κ3) is 2.89. The molecule has 3 heterocycles. The van der Waals surface area contributed by atoms with Crippen LogP contribution in [0.2, 0.25) is 0 Å². The largest absolute Gasteiger partial charge is 0.299 e. The second kappa shape index (κ2) is 6.72. The van der Waals surface area contributed by atoms with Crippen LogP contribution in [0.4, 0.5) is 0 Å². The average Bonchev–Trinajstić information content (AvgIpc) is 3.20. The third-order valence-corrected chi connectivity index (χ3v) is 4.85. The molecule has 9 nitrogen and oxygen atoms in total. The molecule has 0 atom stereocenters. The number of imide groups is 1. The number of nitrogens with zero attached hydrogens (tertiary/aromatic N) is 6. The smallest absolute Gasteiger partial charge is 0.281 e. The van der Waals surface area contributed by atoms with Crippen molar-refractivity contribution in [2.45, 2.75) is 12.1 Å². The highest BCUT2D eigenvalue weighted by molar-refractivity contribution is 7.99. The van der Waals surface area contributed by atoms with E-state index in [0.717, 1.165) is 16.8 Å². The number of carbonyl (C=O) groups excluding carboxylic acids is 3. The predicted octanol–water partition coefficient (Wildman–Crippen LogP) is 1.35. The predicted molar refractivity (Wildman–Crippen MR) is 95.8 cm³/mol. The van der Waals surface area contributed by atoms with Crippen molar-refractivity contribution in [1.29, 1.82) is 0 Å². The van der Waals surface area contributed by atoms with Crippen LogP contribution in [0.15, 0.2) is 48.0 Å². The molecule has 27 heavy (non-hydrogen) atoms. The van der Waals surface area contributed by atoms with E-state index < -0.39 is 11.8 Å². The molecule has 10 heteroatoms. The molecule has 1 aromatic carbocycles. The van der Waals surface area contributed by atoms with Gasteiger partial charge in [-0.2, -0.15) is 9.69 Å². The minimum atomic E-state index is -0.495. The van der Waals surface area contributed by atoms with Crippen LogP contribution < -0.4 is 5.01 Å². The topological polar surface area (TPSA) is 111 Å². The Hall–Kier alpha value is -3.40. The molecule has 0 aliphatic carbocycles. The number of thioether (sulfide) groups is 1. The van der Waals surface area contributed by atoms with Crippen molar-refractivity contribution in [2.75, 3.05) is 10.8 Å². The fourth-order valence-electron chi connectivity index (χ4n) is 2.63. The molecule has 0 N–H and O–H groups in total. The number of aromatic nitrogens is 5. The molecule has 4 rings (SSSR count). The average molecular weight is 380 g/mol. The number of Topliss-reactive ketones (excluding diaryl/α,β-unsaturated/α-hetero) is 1. The number of hydrogen-bond acceptors (Lipinski definition) is 8. The van der Waals surface area contributed by atoms with Crippen LogP contribution in [0.25, 0.3) is 11.5 Å². The summed E-state index contributed by atoms with van der Waals surface area (Å²) in [4.78, 5) is 45.4. The zero-order valence-corrected chi connectivity index (χ0v) is 14.9. The van der Waals surface area contributed by atoms with E-state index in [-0.39, 0.29) is 22.5 Å². The lowest BCUT2D eigenvalue weighted by atomic mass is 10.1. The van der Waals surface area contributed by atoms with Gasteiger partial charge >= 0.3 is 0 Å². The molecule has 0 saturated heterocycles. The highest BCUT2D eigenvalue weighted by Gasteiger charge is 2.39. The number of rotatable bonds is 5. The molecule has 0 bridgehead atoms. The quantitative estimate of drug-likeness (QED) is 0.482. The Bertz CT molecular complexity index is 1030. The minimum absolute atomic E-state index is 0.0713. The van der Waals surface area contributed by atoms with Crippen molar-refractivity contribution in [2.24, 2.45) is 0 Å². The van der Waals surface area contributed by atoms with Crippen molar-refractivity contribution < 1.29 is 14.4 Å². The fraction of sp³-hybridized carbons (Fsp3) is 0.118. The normalized spacial score (nSPS) is 13.1. The molecule has 0 spiro atoms. The maximum absolute atomic E-state index is 12.9. The Morgan fingerprint density at radius 3 is 2.37 bits per heavy atom. The van der Waals surface area contributed by atoms with Gasteiger partial charge in [0.1, 0.15) is 11.5 Å². The van der Waals surface area contributed by atoms with E-state index in [1.54, 1.807) is 24.3 Å². The number of ketones is 1. The van der Waals surface area contributed by atoms with Gasteiger partial charge in [0.05, 0.1) is 23.1 Å². The summed E-state index contributed by atoms with van der Waals surface area (Å²) >= 11 is 1.09. The van der Waals surface area contributed by atoms with Gasteiger partial charge in [-0.05, 0) is 19.1 Å². The van der Waals surface area contributed by atoms with E-state index in [4.69, 9.17) is 0 Å². The highest BCUT2D eigenvalue weighted by Crippen LogP contribution is 2.28. The van der Waals surface area contributed by atoms with Crippen molar-refractivity contribution >= 4 is 29.4 Å². The fourth-order valence-corrected chi connectivity index (χ4v) is 3.36.